The largest absolute Gasteiger partial charge is 0.493 e. The molecule has 1 heterocycles. The fourth-order valence-corrected chi connectivity index (χ4v) is 3.23. The van der Waals surface area contributed by atoms with Crippen LogP contribution in [-0.2, 0) is 6.42 Å². The molecule has 2 aliphatic rings. The maximum Gasteiger partial charge on any atom is 0.248 e. The highest BCUT2D eigenvalue weighted by atomic mass is 19.3. The first-order chi connectivity index (χ1) is 9.11. The smallest absolute Gasteiger partial charge is 0.248 e. The van der Waals surface area contributed by atoms with E-state index in [-0.39, 0.29) is 24.8 Å². The van der Waals surface area contributed by atoms with E-state index in [1.165, 1.54) is 0 Å². The van der Waals surface area contributed by atoms with Crippen LogP contribution in [0.1, 0.15) is 36.4 Å². The quantitative estimate of drug-likeness (QED) is 0.654. The number of nitrogens with two attached hydrogens (primary N) is 1. The van der Waals surface area contributed by atoms with Gasteiger partial charge in [0, 0.05) is 24.8 Å². The van der Waals surface area contributed by atoms with Gasteiger partial charge < -0.3 is 4.74 Å². The zero-order chi connectivity index (χ0) is 13.5. The van der Waals surface area contributed by atoms with Crippen molar-refractivity contribution in [1.29, 1.82) is 0 Å². The standard InChI is InChI=1S/C14H18F2N2O/c15-14(16)6-4-10(8-14)12(18-17)11-3-1-2-9-5-7-19-13(9)11/h1-3,10,12,18H,4-8,17H2. The minimum absolute atomic E-state index is 0.0499. The monoisotopic (exact) mass is 268 g/mol. The number of alkyl halides is 2. The van der Waals surface area contributed by atoms with Crippen LogP contribution in [0.15, 0.2) is 18.2 Å². The number of fused-ring (bicyclic) bond motifs is 1. The average Bonchev–Trinajstić information content (AvgIpc) is 2.97. The molecule has 1 aliphatic heterocycles. The van der Waals surface area contributed by atoms with Crippen molar-refractivity contribution in [1.82, 2.24) is 5.43 Å². The van der Waals surface area contributed by atoms with Gasteiger partial charge in [-0.2, -0.15) is 0 Å². The van der Waals surface area contributed by atoms with Gasteiger partial charge in [0.25, 0.3) is 0 Å². The molecule has 2 unspecified atom stereocenters. The number of halogens is 2. The van der Waals surface area contributed by atoms with Crippen molar-refractivity contribution in [2.45, 2.75) is 37.6 Å². The number of hydrogen-bond donors (Lipinski definition) is 2. The lowest BCUT2D eigenvalue weighted by Gasteiger charge is -2.24. The zero-order valence-electron chi connectivity index (χ0n) is 10.7. The predicted octanol–water partition coefficient (Wildman–Crippen LogP) is 2.56. The molecule has 0 bridgehead atoms. The predicted molar refractivity (Wildman–Crippen MR) is 68.0 cm³/mol. The molecule has 0 radical (unpaired) electrons. The second-order valence-electron chi connectivity index (χ2n) is 5.44. The van der Waals surface area contributed by atoms with Crippen molar-refractivity contribution in [3.8, 4) is 5.75 Å². The second-order valence-corrected chi connectivity index (χ2v) is 5.44. The first kappa shape index (κ1) is 12.8. The average molecular weight is 268 g/mol. The summed E-state index contributed by atoms with van der Waals surface area (Å²) in [5.41, 5.74) is 4.77. The molecule has 19 heavy (non-hydrogen) atoms. The molecular weight excluding hydrogens is 250 g/mol. The van der Waals surface area contributed by atoms with E-state index in [1.807, 2.05) is 18.2 Å². The molecule has 1 saturated carbocycles. The third kappa shape index (κ3) is 2.32. The third-order valence-corrected chi connectivity index (χ3v) is 4.17. The van der Waals surface area contributed by atoms with Crippen molar-refractivity contribution in [3.63, 3.8) is 0 Å². The molecule has 2 atom stereocenters. The van der Waals surface area contributed by atoms with Crippen LogP contribution in [0.2, 0.25) is 0 Å². The summed E-state index contributed by atoms with van der Waals surface area (Å²) in [6.45, 7) is 0.657. The Morgan fingerprint density at radius 2 is 2.26 bits per heavy atom. The number of hydrogen-bond acceptors (Lipinski definition) is 3. The zero-order valence-corrected chi connectivity index (χ0v) is 10.7. The summed E-state index contributed by atoms with van der Waals surface area (Å²) < 4.78 is 32.4. The number of ether oxygens (including phenoxy) is 1. The van der Waals surface area contributed by atoms with Crippen molar-refractivity contribution in [2.24, 2.45) is 11.8 Å². The van der Waals surface area contributed by atoms with Crippen molar-refractivity contribution in [3.05, 3.63) is 29.3 Å². The van der Waals surface area contributed by atoms with Gasteiger partial charge in [0.15, 0.2) is 0 Å². The van der Waals surface area contributed by atoms with Gasteiger partial charge in [0.2, 0.25) is 5.92 Å². The highest BCUT2D eigenvalue weighted by molar-refractivity contribution is 5.46. The van der Waals surface area contributed by atoms with Gasteiger partial charge in [-0.3, -0.25) is 11.3 Å². The Hall–Kier alpha value is -1.20. The molecule has 3 rings (SSSR count). The lowest BCUT2D eigenvalue weighted by molar-refractivity contribution is 0.00322. The maximum atomic E-state index is 13.4. The number of para-hydroxylation sites is 1. The fraction of sp³-hybridized carbons (Fsp3) is 0.571. The van der Waals surface area contributed by atoms with Gasteiger partial charge in [-0.15, -0.1) is 0 Å². The molecule has 1 fully saturated rings. The van der Waals surface area contributed by atoms with Crippen LogP contribution in [0.3, 0.4) is 0 Å². The maximum absolute atomic E-state index is 13.4. The molecule has 5 heteroatoms. The van der Waals surface area contributed by atoms with Crippen LogP contribution in [0.4, 0.5) is 8.78 Å². The Balaban J connectivity index is 1.89. The summed E-state index contributed by atoms with van der Waals surface area (Å²) in [7, 11) is 0. The summed E-state index contributed by atoms with van der Waals surface area (Å²) in [5.74, 6) is 3.75. The molecule has 1 aromatic rings. The molecule has 1 aromatic carbocycles. The van der Waals surface area contributed by atoms with E-state index in [0.717, 1.165) is 23.3 Å². The third-order valence-electron chi connectivity index (χ3n) is 4.17. The summed E-state index contributed by atoms with van der Waals surface area (Å²) in [4.78, 5) is 0. The number of nitrogens with one attached hydrogen (secondary N) is 1. The first-order valence-corrected chi connectivity index (χ1v) is 6.69. The molecule has 104 valence electrons. The highest BCUT2D eigenvalue weighted by Crippen LogP contribution is 2.46. The van der Waals surface area contributed by atoms with Crippen LogP contribution >= 0.6 is 0 Å². The number of benzene rings is 1. The molecule has 3 N–H and O–H groups in total. The fourth-order valence-electron chi connectivity index (χ4n) is 3.23. The lowest BCUT2D eigenvalue weighted by atomic mass is 9.90. The summed E-state index contributed by atoms with van der Waals surface area (Å²) in [5, 5.41) is 0. The Morgan fingerprint density at radius 1 is 1.42 bits per heavy atom. The summed E-state index contributed by atoms with van der Waals surface area (Å²) in [6.07, 6.45) is 1.21. The highest BCUT2D eigenvalue weighted by Gasteiger charge is 2.43. The van der Waals surface area contributed by atoms with E-state index in [0.29, 0.717) is 13.0 Å². The first-order valence-electron chi connectivity index (χ1n) is 6.69. The van der Waals surface area contributed by atoms with Gasteiger partial charge in [-0.25, -0.2) is 8.78 Å². The Bertz CT molecular complexity index is 479. The van der Waals surface area contributed by atoms with E-state index in [2.05, 4.69) is 5.43 Å². The Kier molecular flexibility index (Phi) is 3.19. The molecule has 0 amide bonds. The number of hydrazine groups is 1. The van der Waals surface area contributed by atoms with Crippen LogP contribution in [0.5, 0.6) is 5.75 Å². The van der Waals surface area contributed by atoms with E-state index in [1.54, 1.807) is 0 Å². The Morgan fingerprint density at radius 3 is 2.95 bits per heavy atom. The minimum Gasteiger partial charge on any atom is -0.493 e. The second kappa shape index (κ2) is 4.72. The van der Waals surface area contributed by atoms with Crippen molar-refractivity contribution in [2.75, 3.05) is 6.61 Å². The number of rotatable bonds is 3. The molecule has 3 nitrogen and oxygen atoms in total. The van der Waals surface area contributed by atoms with Crippen LogP contribution in [-0.4, -0.2) is 12.5 Å². The molecule has 1 aliphatic carbocycles. The molecular formula is C14H18F2N2O. The summed E-state index contributed by atoms with van der Waals surface area (Å²) >= 11 is 0. The van der Waals surface area contributed by atoms with Gasteiger partial charge in [-0.1, -0.05) is 18.2 Å². The van der Waals surface area contributed by atoms with E-state index in [4.69, 9.17) is 10.6 Å². The van der Waals surface area contributed by atoms with Crippen LogP contribution in [0.25, 0.3) is 0 Å². The van der Waals surface area contributed by atoms with Crippen LogP contribution < -0.4 is 16.0 Å². The Labute approximate surface area is 111 Å². The van der Waals surface area contributed by atoms with Crippen molar-refractivity contribution < 1.29 is 13.5 Å². The molecule has 0 saturated heterocycles. The van der Waals surface area contributed by atoms with E-state index in [9.17, 15) is 8.78 Å². The van der Waals surface area contributed by atoms with Gasteiger partial charge in [-0.05, 0) is 17.9 Å². The normalized spacial score (nSPS) is 25.9. The topological polar surface area (TPSA) is 47.3 Å². The van der Waals surface area contributed by atoms with Gasteiger partial charge >= 0.3 is 0 Å². The lowest BCUT2D eigenvalue weighted by Crippen LogP contribution is -2.33. The SMILES string of the molecule is NNC(c1cccc2c1OCC2)C1CCC(F)(F)C1. The summed E-state index contributed by atoms with van der Waals surface area (Å²) in [6, 6.07) is 5.62. The minimum atomic E-state index is -2.56. The van der Waals surface area contributed by atoms with E-state index >= 15 is 0 Å². The van der Waals surface area contributed by atoms with Gasteiger partial charge in [0.05, 0.1) is 12.6 Å². The van der Waals surface area contributed by atoms with Crippen LogP contribution in [0, 0.1) is 5.92 Å². The molecule has 0 aromatic heterocycles. The van der Waals surface area contributed by atoms with Crippen molar-refractivity contribution >= 4 is 0 Å². The van der Waals surface area contributed by atoms with Gasteiger partial charge in [0.1, 0.15) is 5.75 Å². The molecule has 0 spiro atoms. The van der Waals surface area contributed by atoms with E-state index < -0.39 is 5.92 Å².